The van der Waals surface area contributed by atoms with Gasteiger partial charge in [-0.3, -0.25) is 9.88 Å². The topological polar surface area (TPSA) is 71.5 Å². The van der Waals surface area contributed by atoms with Crippen molar-refractivity contribution in [3.05, 3.63) is 23.1 Å². The Morgan fingerprint density at radius 1 is 1.12 bits per heavy atom. The van der Waals surface area contributed by atoms with E-state index in [1.165, 1.54) is 0 Å². The predicted octanol–water partition coefficient (Wildman–Crippen LogP) is 3.62. The van der Waals surface area contributed by atoms with Crippen molar-refractivity contribution in [2.24, 2.45) is 0 Å². The number of carbonyl (C=O) groups excluding carboxylic acids is 1. The summed E-state index contributed by atoms with van der Waals surface area (Å²) in [5.74, 6) is 0.791. The molecule has 3 heterocycles. The van der Waals surface area contributed by atoms with Gasteiger partial charge < -0.3 is 9.64 Å². The van der Waals surface area contributed by atoms with Gasteiger partial charge in [0, 0.05) is 31.7 Å². The number of carbonyl (C=O) groups is 1. The van der Waals surface area contributed by atoms with E-state index in [0.29, 0.717) is 13.1 Å². The molecule has 140 valence electrons. The highest BCUT2D eigenvalue weighted by Gasteiger charge is 2.36. The Morgan fingerprint density at radius 3 is 2.27 bits per heavy atom. The van der Waals surface area contributed by atoms with Crippen molar-refractivity contribution >= 4 is 38.9 Å². The fourth-order valence-corrected chi connectivity index (χ4v) is 3.71. The van der Waals surface area contributed by atoms with Crippen LogP contribution >= 0.6 is 15.9 Å². The molecular weight excluding hydrogens is 398 g/mol. The Kier molecular flexibility index (Phi) is 5.05. The normalized spacial score (nSPS) is 21.2. The highest BCUT2D eigenvalue weighted by molar-refractivity contribution is 9.10. The van der Waals surface area contributed by atoms with Crippen molar-refractivity contribution in [3.8, 4) is 0 Å². The molecule has 1 aliphatic rings. The molecule has 2 aromatic rings. The van der Waals surface area contributed by atoms with E-state index in [9.17, 15) is 4.79 Å². The number of amides is 1. The lowest BCUT2D eigenvalue weighted by atomic mass is 10.1. The lowest BCUT2D eigenvalue weighted by molar-refractivity contribution is 0.00563. The minimum atomic E-state index is -0.507. The molecule has 8 heteroatoms. The minimum absolute atomic E-state index is 0.00855. The molecule has 0 aromatic carbocycles. The number of rotatable bonds is 1. The van der Waals surface area contributed by atoms with E-state index in [4.69, 9.17) is 4.74 Å². The maximum Gasteiger partial charge on any atom is 0.410 e. The molecule has 0 saturated carbocycles. The third kappa shape index (κ3) is 3.75. The first-order valence-corrected chi connectivity index (χ1v) is 9.48. The number of fused-ring (bicyclic) bond motifs is 1. The van der Waals surface area contributed by atoms with Gasteiger partial charge in [-0.05, 0) is 50.5 Å². The number of anilines is 1. The third-order valence-corrected chi connectivity index (χ3v) is 4.84. The molecule has 0 radical (unpaired) electrons. The number of pyridine rings is 1. The molecule has 0 N–H and O–H groups in total. The molecule has 1 fully saturated rings. The summed E-state index contributed by atoms with van der Waals surface area (Å²) >= 11 is 3.48. The summed E-state index contributed by atoms with van der Waals surface area (Å²) in [7, 11) is 0. The molecule has 0 spiro atoms. The van der Waals surface area contributed by atoms with E-state index in [0.717, 1.165) is 21.3 Å². The monoisotopic (exact) mass is 421 g/mol. The van der Waals surface area contributed by atoms with Crippen molar-refractivity contribution in [2.75, 3.05) is 18.0 Å². The second kappa shape index (κ2) is 6.98. The number of hydrogen-bond acceptors (Lipinski definition) is 6. The smallest absolute Gasteiger partial charge is 0.410 e. The van der Waals surface area contributed by atoms with Crippen LogP contribution in [0.1, 0.15) is 34.6 Å². The van der Waals surface area contributed by atoms with Crippen LogP contribution < -0.4 is 4.90 Å². The highest BCUT2D eigenvalue weighted by Crippen LogP contribution is 2.30. The average molecular weight is 422 g/mol. The van der Waals surface area contributed by atoms with Crippen LogP contribution in [0.3, 0.4) is 0 Å². The van der Waals surface area contributed by atoms with E-state index in [1.54, 1.807) is 18.6 Å². The van der Waals surface area contributed by atoms with Gasteiger partial charge in [0.05, 0.1) is 16.6 Å². The van der Waals surface area contributed by atoms with E-state index in [1.807, 2.05) is 39.5 Å². The van der Waals surface area contributed by atoms with E-state index in [2.05, 4.69) is 35.8 Å². The minimum Gasteiger partial charge on any atom is -0.444 e. The summed E-state index contributed by atoms with van der Waals surface area (Å²) in [6, 6.07) is -0.0171. The molecule has 26 heavy (non-hydrogen) atoms. The summed E-state index contributed by atoms with van der Waals surface area (Å²) in [6.07, 6.45) is 4.82. The van der Waals surface area contributed by atoms with Crippen LogP contribution in [-0.4, -0.2) is 56.7 Å². The largest absolute Gasteiger partial charge is 0.444 e. The Hall–Kier alpha value is -1.96. The number of piperazine rings is 1. The fourth-order valence-electron chi connectivity index (χ4n) is 3.32. The van der Waals surface area contributed by atoms with Crippen LogP contribution in [0.2, 0.25) is 0 Å². The van der Waals surface area contributed by atoms with Gasteiger partial charge >= 0.3 is 6.09 Å². The van der Waals surface area contributed by atoms with Gasteiger partial charge in [-0.25, -0.2) is 14.8 Å². The Morgan fingerprint density at radius 2 is 1.69 bits per heavy atom. The molecule has 0 bridgehead atoms. The fraction of sp³-hybridized carbons (Fsp3) is 0.556. The average Bonchev–Trinajstić information content (AvgIpc) is 2.53. The highest BCUT2D eigenvalue weighted by atomic mass is 79.9. The van der Waals surface area contributed by atoms with Crippen LogP contribution in [0, 0.1) is 0 Å². The second-order valence-electron chi connectivity index (χ2n) is 7.67. The summed E-state index contributed by atoms with van der Waals surface area (Å²) < 4.78 is 6.39. The molecule has 2 atom stereocenters. The number of ether oxygens (including phenoxy) is 1. The number of nitrogens with zero attached hydrogens (tertiary/aromatic N) is 5. The molecule has 1 amide bonds. The summed E-state index contributed by atoms with van der Waals surface area (Å²) in [6.45, 7) is 11.0. The zero-order valence-electron chi connectivity index (χ0n) is 15.7. The molecular formula is C18H24BrN5O2. The third-order valence-electron chi connectivity index (χ3n) is 4.26. The van der Waals surface area contributed by atoms with E-state index < -0.39 is 5.60 Å². The van der Waals surface area contributed by atoms with Gasteiger partial charge in [0.1, 0.15) is 16.6 Å². The van der Waals surface area contributed by atoms with Crippen molar-refractivity contribution in [1.29, 1.82) is 0 Å². The van der Waals surface area contributed by atoms with Gasteiger partial charge in [0.2, 0.25) is 0 Å². The van der Waals surface area contributed by atoms with Gasteiger partial charge in [-0.1, -0.05) is 0 Å². The number of hydrogen-bond donors (Lipinski definition) is 0. The molecule has 1 saturated heterocycles. The van der Waals surface area contributed by atoms with Crippen molar-refractivity contribution in [2.45, 2.75) is 52.3 Å². The van der Waals surface area contributed by atoms with Gasteiger partial charge in [-0.2, -0.15) is 0 Å². The van der Waals surface area contributed by atoms with Gasteiger partial charge in [-0.15, -0.1) is 0 Å². The molecule has 0 aliphatic carbocycles. The quantitative estimate of drug-likeness (QED) is 0.699. The second-order valence-corrected chi connectivity index (χ2v) is 8.53. The van der Waals surface area contributed by atoms with Gasteiger partial charge in [0.25, 0.3) is 0 Å². The maximum atomic E-state index is 12.6. The lowest BCUT2D eigenvalue weighted by Crippen LogP contribution is -2.59. The van der Waals surface area contributed by atoms with Crippen LogP contribution in [0.5, 0.6) is 0 Å². The molecule has 1 aliphatic heterocycles. The van der Waals surface area contributed by atoms with Crippen LogP contribution in [0.4, 0.5) is 10.6 Å². The molecule has 3 rings (SSSR count). The van der Waals surface area contributed by atoms with Crippen LogP contribution in [0.25, 0.3) is 11.0 Å². The predicted molar refractivity (Wildman–Crippen MR) is 104 cm³/mol. The van der Waals surface area contributed by atoms with E-state index >= 15 is 0 Å². The van der Waals surface area contributed by atoms with Crippen LogP contribution in [-0.2, 0) is 4.74 Å². The Bertz CT molecular complexity index is 811. The van der Waals surface area contributed by atoms with E-state index in [-0.39, 0.29) is 18.2 Å². The standard InChI is InChI=1S/C18H24BrN5O2/c1-11-9-23(10-12(2)24(11)17(25)26-18(3,4)5)16-15-14(13(19)8-22-16)20-6-7-21-15/h6-8,11-12H,9-10H2,1-5H3/t11-,12+. The first-order valence-electron chi connectivity index (χ1n) is 8.69. The molecule has 0 unspecified atom stereocenters. The SMILES string of the molecule is C[C@@H]1CN(c2ncc(Br)c3nccnc23)C[C@H](C)N1C(=O)OC(C)(C)C. The maximum absolute atomic E-state index is 12.6. The summed E-state index contributed by atoms with van der Waals surface area (Å²) in [5, 5.41) is 0. The number of aromatic nitrogens is 3. The number of halogens is 1. The molecule has 2 aromatic heterocycles. The van der Waals surface area contributed by atoms with Crippen LogP contribution in [0.15, 0.2) is 23.1 Å². The summed E-state index contributed by atoms with van der Waals surface area (Å²) in [4.78, 5) is 30.0. The molecule has 7 nitrogen and oxygen atoms in total. The zero-order chi connectivity index (χ0) is 19.1. The van der Waals surface area contributed by atoms with Gasteiger partial charge in [0.15, 0.2) is 5.82 Å². The van der Waals surface area contributed by atoms with Crippen molar-refractivity contribution in [1.82, 2.24) is 19.9 Å². The Balaban J connectivity index is 1.86. The lowest BCUT2D eigenvalue weighted by Gasteiger charge is -2.44. The van der Waals surface area contributed by atoms with Crippen molar-refractivity contribution in [3.63, 3.8) is 0 Å². The van der Waals surface area contributed by atoms with Crippen molar-refractivity contribution < 1.29 is 9.53 Å². The first-order chi connectivity index (χ1) is 12.2. The zero-order valence-corrected chi connectivity index (χ0v) is 17.3. The summed E-state index contributed by atoms with van der Waals surface area (Å²) in [5.41, 5.74) is 1.03. The first kappa shape index (κ1) is 18.8. The Labute approximate surface area is 161 Å².